The van der Waals surface area contributed by atoms with E-state index >= 15 is 0 Å². The summed E-state index contributed by atoms with van der Waals surface area (Å²) < 4.78 is 20.3. The quantitative estimate of drug-likeness (QED) is 0.545. The molecule has 0 atom stereocenters. The smallest absolute Gasteiger partial charge is 0.258 e. The van der Waals surface area contributed by atoms with E-state index < -0.39 is 16.2 Å². The average Bonchev–Trinajstić information content (AvgIpc) is 2.04. The molecular formula is C5H5N3O3S. The number of primary amides is 1. The minimum absolute atomic E-state index is 0.129. The molecule has 0 unspecified atom stereocenters. The Morgan fingerprint density at radius 1 is 1.58 bits per heavy atom. The molecule has 1 aromatic heterocycles. The summed E-state index contributed by atoms with van der Waals surface area (Å²) in [5, 5.41) is 0. The number of rotatable bonds is 1. The SMILES string of the molecule is NC(=O)c1cnc(=S(=O)=O)[nH]c1. The van der Waals surface area contributed by atoms with Crippen LogP contribution in [-0.2, 0) is 10.3 Å². The fraction of sp³-hybridized carbons (Fsp3) is 0. The van der Waals surface area contributed by atoms with Gasteiger partial charge in [0.1, 0.15) is 0 Å². The summed E-state index contributed by atoms with van der Waals surface area (Å²) in [6.45, 7) is 0. The van der Waals surface area contributed by atoms with Crippen molar-refractivity contribution >= 4 is 16.2 Å². The molecule has 3 N–H and O–H groups in total. The topological polar surface area (TPSA) is 106 Å². The molecule has 12 heavy (non-hydrogen) atoms. The number of carbonyl (C=O) groups is 1. The van der Waals surface area contributed by atoms with E-state index in [4.69, 9.17) is 5.73 Å². The summed E-state index contributed by atoms with van der Waals surface area (Å²) in [6, 6.07) is 0. The second-order valence-electron chi connectivity index (χ2n) is 1.91. The molecule has 0 aromatic carbocycles. The van der Waals surface area contributed by atoms with Crippen molar-refractivity contribution in [1.82, 2.24) is 9.97 Å². The van der Waals surface area contributed by atoms with Gasteiger partial charge in [0, 0.05) is 12.4 Å². The van der Waals surface area contributed by atoms with E-state index in [1.807, 2.05) is 0 Å². The minimum Gasteiger partial charge on any atom is -0.366 e. The summed E-state index contributed by atoms with van der Waals surface area (Å²) in [4.78, 5) is 16.2. The molecule has 1 aromatic rings. The van der Waals surface area contributed by atoms with Crippen LogP contribution in [0, 0.1) is 4.77 Å². The second kappa shape index (κ2) is 3.18. The van der Waals surface area contributed by atoms with Crippen molar-refractivity contribution in [3.05, 3.63) is 22.7 Å². The normalized spacial score (nSPS) is 9.33. The molecule has 0 bridgehead atoms. The molecule has 7 heteroatoms. The van der Waals surface area contributed by atoms with Gasteiger partial charge in [-0.2, -0.15) is 8.42 Å². The second-order valence-corrected chi connectivity index (χ2v) is 2.76. The number of amides is 1. The van der Waals surface area contributed by atoms with Crippen LogP contribution < -0.4 is 5.73 Å². The van der Waals surface area contributed by atoms with Crippen LogP contribution in [0.3, 0.4) is 0 Å². The van der Waals surface area contributed by atoms with Crippen LogP contribution in [0.15, 0.2) is 12.4 Å². The summed E-state index contributed by atoms with van der Waals surface area (Å²) in [6.07, 6.45) is 2.27. The molecule has 1 heterocycles. The first kappa shape index (κ1) is 8.47. The lowest BCUT2D eigenvalue weighted by Gasteiger charge is -1.90. The lowest BCUT2D eigenvalue weighted by Crippen LogP contribution is -2.11. The van der Waals surface area contributed by atoms with Gasteiger partial charge in [-0.1, -0.05) is 0 Å². The predicted octanol–water partition coefficient (Wildman–Crippen LogP) is -1.08. The summed E-state index contributed by atoms with van der Waals surface area (Å²) in [7, 11) is -2.42. The first-order valence-corrected chi connectivity index (χ1v) is 3.95. The summed E-state index contributed by atoms with van der Waals surface area (Å²) >= 11 is 0. The van der Waals surface area contributed by atoms with Crippen LogP contribution in [0.25, 0.3) is 0 Å². The van der Waals surface area contributed by atoms with Gasteiger partial charge in [-0.05, 0) is 0 Å². The number of hydrogen-bond acceptors (Lipinski definition) is 4. The lowest BCUT2D eigenvalue weighted by atomic mass is 10.3. The number of aromatic nitrogens is 2. The van der Waals surface area contributed by atoms with Gasteiger partial charge < -0.3 is 10.7 Å². The Kier molecular flexibility index (Phi) is 2.24. The Hall–Kier alpha value is -1.63. The van der Waals surface area contributed by atoms with E-state index in [1.54, 1.807) is 0 Å². The Labute approximate surface area is 68.6 Å². The number of nitrogens with one attached hydrogen (secondary N) is 1. The van der Waals surface area contributed by atoms with E-state index in [0.717, 1.165) is 6.20 Å². The van der Waals surface area contributed by atoms with E-state index in [9.17, 15) is 13.2 Å². The van der Waals surface area contributed by atoms with Gasteiger partial charge in [-0.15, -0.1) is 0 Å². The molecule has 6 nitrogen and oxygen atoms in total. The Morgan fingerprint density at radius 2 is 2.25 bits per heavy atom. The maximum absolute atomic E-state index is 10.5. The summed E-state index contributed by atoms with van der Waals surface area (Å²) in [5.74, 6) is -0.665. The third-order valence-corrected chi connectivity index (χ3v) is 1.65. The molecule has 0 radical (unpaired) electrons. The van der Waals surface area contributed by atoms with E-state index in [1.165, 1.54) is 6.20 Å². The van der Waals surface area contributed by atoms with E-state index in [2.05, 4.69) is 9.97 Å². The highest BCUT2D eigenvalue weighted by molar-refractivity contribution is 7.63. The molecule has 0 aliphatic heterocycles. The third-order valence-electron chi connectivity index (χ3n) is 1.11. The van der Waals surface area contributed by atoms with E-state index in [-0.39, 0.29) is 10.3 Å². The van der Waals surface area contributed by atoms with E-state index in [0.29, 0.717) is 0 Å². The van der Waals surface area contributed by atoms with Crippen LogP contribution in [0.1, 0.15) is 10.4 Å². The van der Waals surface area contributed by atoms with Gasteiger partial charge in [0.25, 0.3) is 21.0 Å². The number of hydrogen-bond donors (Lipinski definition) is 2. The highest BCUT2D eigenvalue weighted by Gasteiger charge is 1.97. The monoisotopic (exact) mass is 187 g/mol. The number of H-pyrrole nitrogens is 1. The standard InChI is InChI=1S/C5H5N3O3S/c6-4(9)3-1-7-5(8-2-3)12(10)11/h1-2,7H,(H2,6,9). The number of nitrogens with zero attached hydrogens (tertiary/aromatic N) is 1. The molecule has 0 aliphatic carbocycles. The van der Waals surface area contributed by atoms with Gasteiger partial charge in [0.2, 0.25) is 0 Å². The van der Waals surface area contributed by atoms with Crippen LogP contribution in [0.5, 0.6) is 0 Å². The average molecular weight is 187 g/mol. The first-order valence-electron chi connectivity index (χ1n) is 2.88. The molecule has 0 saturated carbocycles. The van der Waals surface area contributed by atoms with Crippen molar-refractivity contribution in [3.8, 4) is 0 Å². The molecule has 64 valence electrons. The van der Waals surface area contributed by atoms with Crippen LogP contribution in [-0.4, -0.2) is 24.3 Å². The van der Waals surface area contributed by atoms with Crippen molar-refractivity contribution in [1.29, 1.82) is 0 Å². The maximum Gasteiger partial charge on any atom is 0.258 e. The molecule has 0 fully saturated rings. The van der Waals surface area contributed by atoms with Crippen LogP contribution >= 0.6 is 0 Å². The largest absolute Gasteiger partial charge is 0.366 e. The third kappa shape index (κ3) is 1.70. The minimum atomic E-state index is -2.42. The zero-order valence-corrected chi connectivity index (χ0v) is 6.63. The zero-order valence-electron chi connectivity index (χ0n) is 5.81. The Morgan fingerprint density at radius 3 is 2.58 bits per heavy atom. The highest BCUT2D eigenvalue weighted by atomic mass is 32.2. The molecular weight excluding hydrogens is 182 g/mol. The fourth-order valence-corrected chi connectivity index (χ4v) is 0.862. The molecule has 1 rings (SSSR count). The number of nitrogens with two attached hydrogens (primary N) is 1. The predicted molar refractivity (Wildman–Crippen MR) is 39.3 cm³/mol. The first-order chi connectivity index (χ1) is 5.61. The fourth-order valence-electron chi connectivity index (χ4n) is 0.568. The van der Waals surface area contributed by atoms with Crippen molar-refractivity contribution in [2.24, 2.45) is 5.73 Å². The van der Waals surface area contributed by atoms with Crippen LogP contribution in [0.2, 0.25) is 0 Å². The lowest BCUT2D eigenvalue weighted by molar-refractivity contribution is 0.0999. The van der Waals surface area contributed by atoms with Crippen LogP contribution in [0.4, 0.5) is 0 Å². The van der Waals surface area contributed by atoms with Gasteiger partial charge in [0.15, 0.2) is 0 Å². The number of carbonyl (C=O) groups excluding carboxylic acids is 1. The molecule has 1 amide bonds. The Balaban J connectivity index is 3.38. The van der Waals surface area contributed by atoms with Crippen molar-refractivity contribution in [2.45, 2.75) is 0 Å². The molecule has 0 spiro atoms. The highest BCUT2D eigenvalue weighted by Crippen LogP contribution is 1.89. The van der Waals surface area contributed by atoms with Crippen molar-refractivity contribution < 1.29 is 13.2 Å². The molecule has 0 saturated heterocycles. The maximum atomic E-state index is 10.5. The van der Waals surface area contributed by atoms with Crippen molar-refractivity contribution in [3.63, 3.8) is 0 Å². The zero-order chi connectivity index (χ0) is 9.14. The van der Waals surface area contributed by atoms with Crippen molar-refractivity contribution in [2.75, 3.05) is 0 Å². The van der Waals surface area contributed by atoms with Gasteiger partial charge >= 0.3 is 0 Å². The Bertz CT molecular complexity index is 444. The van der Waals surface area contributed by atoms with Gasteiger partial charge in [0.05, 0.1) is 5.56 Å². The number of aromatic amines is 1. The van der Waals surface area contributed by atoms with Gasteiger partial charge in [-0.25, -0.2) is 4.98 Å². The molecule has 0 aliphatic rings. The van der Waals surface area contributed by atoms with Gasteiger partial charge in [-0.3, -0.25) is 4.79 Å². The summed E-state index contributed by atoms with van der Waals surface area (Å²) in [5.41, 5.74) is 5.02.